The molecule has 1 amide bonds. The third kappa shape index (κ3) is 4.06. The number of hydrogen-bond donors (Lipinski definition) is 1. The number of nitrogens with two attached hydrogens (primary N) is 1. The number of benzene rings is 2. The molecule has 2 N–H and O–H groups in total. The van der Waals surface area contributed by atoms with Crippen molar-refractivity contribution in [2.75, 3.05) is 20.1 Å². The molecule has 5 rings (SSSR count). The first-order valence-electron chi connectivity index (χ1n) is 11.2. The first-order valence-corrected chi connectivity index (χ1v) is 11.2. The molecule has 164 valence electrons. The summed E-state index contributed by atoms with van der Waals surface area (Å²) in [5.41, 5.74) is 11.4. The average molecular weight is 428 g/mol. The Hall–Kier alpha value is -3.38. The van der Waals surface area contributed by atoms with Crippen LogP contribution in [0.5, 0.6) is 0 Å². The zero-order valence-electron chi connectivity index (χ0n) is 18.7. The maximum atomic E-state index is 11.4. The fourth-order valence-corrected chi connectivity index (χ4v) is 4.82. The van der Waals surface area contributed by atoms with Gasteiger partial charge in [-0.1, -0.05) is 24.3 Å². The van der Waals surface area contributed by atoms with E-state index in [1.165, 1.54) is 42.6 Å². The Morgan fingerprint density at radius 2 is 1.88 bits per heavy atom. The van der Waals surface area contributed by atoms with Gasteiger partial charge in [0.25, 0.3) is 5.91 Å². The molecule has 1 saturated heterocycles. The minimum absolute atomic E-state index is 0.281. The lowest BCUT2D eigenvalue weighted by Crippen LogP contribution is -2.14. The second kappa shape index (κ2) is 8.28. The molecule has 1 aliphatic rings. The highest BCUT2D eigenvalue weighted by Gasteiger charge is 2.19. The topological polar surface area (TPSA) is 69.1 Å². The van der Waals surface area contributed by atoms with Gasteiger partial charge < -0.3 is 15.2 Å². The number of primary amides is 1. The number of hydrogen-bond acceptors (Lipinski definition) is 3. The van der Waals surface area contributed by atoms with Gasteiger partial charge in [0.1, 0.15) is 0 Å². The van der Waals surface area contributed by atoms with E-state index in [1.54, 1.807) is 10.7 Å². The van der Waals surface area contributed by atoms with Crippen LogP contribution in [0.4, 0.5) is 0 Å². The van der Waals surface area contributed by atoms with Crippen molar-refractivity contribution < 1.29 is 4.79 Å². The van der Waals surface area contributed by atoms with E-state index in [-0.39, 0.29) is 5.69 Å². The Balaban J connectivity index is 1.33. The Bertz CT molecular complexity index is 1270. The number of aromatic nitrogens is 3. The Labute approximate surface area is 188 Å². The van der Waals surface area contributed by atoms with Gasteiger partial charge in [-0.3, -0.25) is 4.79 Å². The number of fused-ring (bicyclic) bond motifs is 1. The van der Waals surface area contributed by atoms with E-state index in [2.05, 4.69) is 70.3 Å². The Morgan fingerprint density at radius 1 is 1.09 bits per heavy atom. The van der Waals surface area contributed by atoms with E-state index in [0.717, 1.165) is 29.2 Å². The van der Waals surface area contributed by atoms with E-state index in [4.69, 9.17) is 5.73 Å². The average Bonchev–Trinajstić information content (AvgIpc) is 3.48. The summed E-state index contributed by atoms with van der Waals surface area (Å²) in [6.45, 7) is 5.18. The summed E-state index contributed by atoms with van der Waals surface area (Å²) < 4.78 is 4.03. The van der Waals surface area contributed by atoms with Gasteiger partial charge in [0.05, 0.1) is 5.69 Å². The molecule has 2 aromatic carbocycles. The SMILES string of the molecule is Cc1cc(C(N)=O)nn1-c1ccc2c(ccn2Cc2ccc(C[C@@H]3CCN(C)C3)cc2)c1. The first-order chi connectivity index (χ1) is 15.5. The van der Waals surface area contributed by atoms with Crippen LogP contribution in [0.3, 0.4) is 0 Å². The van der Waals surface area contributed by atoms with Crippen molar-refractivity contribution in [3.8, 4) is 5.69 Å². The fraction of sp³-hybridized carbons (Fsp3) is 0.308. The van der Waals surface area contributed by atoms with E-state index in [1.807, 2.05) is 13.0 Å². The quantitative estimate of drug-likeness (QED) is 0.509. The van der Waals surface area contributed by atoms with Crippen LogP contribution < -0.4 is 5.73 Å². The van der Waals surface area contributed by atoms with Crippen LogP contribution in [0.25, 0.3) is 16.6 Å². The largest absolute Gasteiger partial charge is 0.364 e. The van der Waals surface area contributed by atoms with Gasteiger partial charge >= 0.3 is 0 Å². The highest BCUT2D eigenvalue weighted by atomic mass is 16.1. The number of carbonyl (C=O) groups is 1. The number of likely N-dealkylation sites (tertiary alicyclic amines) is 1. The van der Waals surface area contributed by atoms with Crippen molar-refractivity contribution in [3.05, 3.63) is 83.3 Å². The lowest BCUT2D eigenvalue weighted by Gasteiger charge is -2.11. The van der Waals surface area contributed by atoms with Gasteiger partial charge in [-0.2, -0.15) is 5.10 Å². The minimum Gasteiger partial charge on any atom is -0.364 e. The van der Waals surface area contributed by atoms with Crippen molar-refractivity contribution >= 4 is 16.8 Å². The molecule has 0 aliphatic carbocycles. The van der Waals surface area contributed by atoms with Crippen LogP contribution in [-0.4, -0.2) is 45.3 Å². The molecule has 6 heteroatoms. The normalized spacial score (nSPS) is 16.8. The van der Waals surface area contributed by atoms with Crippen LogP contribution in [0.2, 0.25) is 0 Å². The lowest BCUT2D eigenvalue weighted by molar-refractivity contribution is 0.0995. The fourth-order valence-electron chi connectivity index (χ4n) is 4.82. The second-order valence-electron chi connectivity index (χ2n) is 9.07. The number of amides is 1. The molecule has 2 aromatic heterocycles. The Kier molecular flexibility index (Phi) is 5.31. The van der Waals surface area contributed by atoms with Gasteiger partial charge in [-0.15, -0.1) is 0 Å². The summed E-state index contributed by atoms with van der Waals surface area (Å²) in [6, 6.07) is 19.2. The molecule has 0 saturated carbocycles. The van der Waals surface area contributed by atoms with E-state index in [0.29, 0.717) is 0 Å². The maximum absolute atomic E-state index is 11.4. The molecule has 0 unspecified atom stereocenters. The molecule has 4 aromatic rings. The van der Waals surface area contributed by atoms with Crippen LogP contribution in [0.1, 0.15) is 33.7 Å². The highest BCUT2D eigenvalue weighted by molar-refractivity contribution is 5.91. The molecule has 1 atom stereocenters. The number of nitrogens with zero attached hydrogens (tertiary/aromatic N) is 4. The van der Waals surface area contributed by atoms with Gasteiger partial charge in [0.2, 0.25) is 0 Å². The smallest absolute Gasteiger partial charge is 0.269 e. The summed E-state index contributed by atoms with van der Waals surface area (Å²) in [5.74, 6) is 0.270. The first kappa shape index (κ1) is 20.5. The molecule has 0 radical (unpaired) electrons. The van der Waals surface area contributed by atoms with Crippen molar-refractivity contribution in [2.45, 2.75) is 26.3 Å². The summed E-state index contributed by atoms with van der Waals surface area (Å²) >= 11 is 0. The van der Waals surface area contributed by atoms with E-state index in [9.17, 15) is 4.79 Å². The van der Waals surface area contributed by atoms with E-state index < -0.39 is 5.91 Å². The molecular weight excluding hydrogens is 398 g/mol. The van der Waals surface area contributed by atoms with Crippen molar-refractivity contribution in [3.63, 3.8) is 0 Å². The molecule has 1 fully saturated rings. The van der Waals surface area contributed by atoms with E-state index >= 15 is 0 Å². The number of rotatable bonds is 6. The molecule has 3 heterocycles. The van der Waals surface area contributed by atoms with Crippen LogP contribution in [-0.2, 0) is 13.0 Å². The molecule has 1 aliphatic heterocycles. The van der Waals surface area contributed by atoms with Crippen molar-refractivity contribution in [1.29, 1.82) is 0 Å². The molecule has 0 bridgehead atoms. The zero-order chi connectivity index (χ0) is 22.2. The van der Waals surface area contributed by atoms with Crippen LogP contribution in [0.15, 0.2) is 60.8 Å². The standard InChI is InChI=1S/C26H29N5O/c1-18-13-24(26(27)32)28-31(18)23-7-8-25-22(15-23)10-12-30(25)17-20-5-3-19(4-6-20)14-21-9-11-29(2)16-21/h3-8,10,12-13,15,21H,9,11,14,16-17H2,1-2H3,(H2,27,32)/t21-/m0/s1. The third-order valence-electron chi connectivity index (χ3n) is 6.53. The maximum Gasteiger partial charge on any atom is 0.269 e. The van der Waals surface area contributed by atoms with Crippen LogP contribution in [0, 0.1) is 12.8 Å². The second-order valence-corrected chi connectivity index (χ2v) is 9.07. The summed E-state index contributed by atoms with van der Waals surface area (Å²) in [5, 5.41) is 5.48. The summed E-state index contributed by atoms with van der Waals surface area (Å²) in [6.07, 6.45) is 4.60. The minimum atomic E-state index is -0.513. The van der Waals surface area contributed by atoms with Crippen molar-refractivity contribution in [2.24, 2.45) is 11.7 Å². The molecular formula is C26H29N5O. The molecule has 0 spiro atoms. The Morgan fingerprint density at radius 3 is 2.56 bits per heavy atom. The number of aryl methyl sites for hydroxylation is 1. The number of carbonyl (C=O) groups excluding carboxylic acids is 1. The van der Waals surface area contributed by atoms with Crippen molar-refractivity contribution in [1.82, 2.24) is 19.2 Å². The zero-order valence-corrected chi connectivity index (χ0v) is 18.7. The van der Waals surface area contributed by atoms with Gasteiger partial charge in [-0.05, 0) is 80.7 Å². The summed E-state index contributed by atoms with van der Waals surface area (Å²) in [7, 11) is 2.21. The summed E-state index contributed by atoms with van der Waals surface area (Å²) in [4.78, 5) is 13.9. The third-order valence-corrected chi connectivity index (χ3v) is 6.53. The molecule has 6 nitrogen and oxygen atoms in total. The van der Waals surface area contributed by atoms with Gasteiger partial charge in [-0.25, -0.2) is 4.68 Å². The predicted molar refractivity (Wildman–Crippen MR) is 127 cm³/mol. The lowest BCUT2D eigenvalue weighted by atomic mass is 9.98. The monoisotopic (exact) mass is 427 g/mol. The van der Waals surface area contributed by atoms with Crippen LogP contribution >= 0.6 is 0 Å². The van der Waals surface area contributed by atoms with Gasteiger partial charge in [0, 0.05) is 35.9 Å². The van der Waals surface area contributed by atoms with Gasteiger partial charge in [0.15, 0.2) is 5.69 Å². The predicted octanol–water partition coefficient (Wildman–Crippen LogP) is 3.78. The molecule has 32 heavy (non-hydrogen) atoms. The highest BCUT2D eigenvalue weighted by Crippen LogP contribution is 2.23.